The van der Waals surface area contributed by atoms with E-state index in [-0.39, 0.29) is 90.3 Å². The molecule has 8 aromatic rings. The van der Waals surface area contributed by atoms with Crippen LogP contribution in [0.3, 0.4) is 0 Å². The van der Waals surface area contributed by atoms with Crippen molar-refractivity contribution in [2.24, 2.45) is 35.5 Å². The lowest BCUT2D eigenvalue weighted by Gasteiger charge is -2.43. The number of aliphatic hydroxyl groups is 4. The van der Waals surface area contributed by atoms with E-state index in [0.29, 0.717) is 45.6 Å². The Morgan fingerprint density at radius 1 is 0.427 bits per heavy atom. The monoisotopic (exact) mass is 2120 g/mol. The summed E-state index contributed by atoms with van der Waals surface area (Å²) < 4.78 is 103. The van der Waals surface area contributed by atoms with Gasteiger partial charge in [-0.3, -0.25) is 54.4 Å². The molecule has 4 aliphatic rings. The number of aromatic nitrogens is 2. The molecule has 4 fully saturated rings. The van der Waals surface area contributed by atoms with E-state index in [2.05, 4.69) is 45.2 Å². The number of non-ortho nitro benzene ring substituents is 2. The van der Waals surface area contributed by atoms with Gasteiger partial charge in [0, 0.05) is 137 Å². The van der Waals surface area contributed by atoms with Crippen LogP contribution in [0.1, 0.15) is 83.1 Å². The van der Waals surface area contributed by atoms with Gasteiger partial charge in [-0.05, 0) is 148 Å². The number of phenols is 1. The molecule has 4 aliphatic heterocycles. The predicted molar refractivity (Wildman–Crippen MR) is 488 cm³/mol. The highest BCUT2D eigenvalue weighted by molar-refractivity contribution is 14.1. The number of aliphatic hydroxyl groups excluding tert-OH is 4. The number of carbonyl (C=O) groups is 6. The first-order valence-electron chi connectivity index (χ1n) is 40.6. The molecule has 2 aromatic heterocycles. The smallest absolute Gasteiger partial charge is 0.303 e. The molecule has 6 N–H and O–H groups in total. The van der Waals surface area contributed by atoms with E-state index in [1.807, 2.05) is 81.1 Å². The van der Waals surface area contributed by atoms with Crippen LogP contribution in [0.5, 0.6) is 46.0 Å². The number of alkyl halides is 3. The number of fused-ring (bicyclic) bond motifs is 2. The Labute approximate surface area is 795 Å². The first kappa shape index (κ1) is 106. The van der Waals surface area contributed by atoms with Gasteiger partial charge in [0.2, 0.25) is 31.1 Å². The fourth-order valence-corrected chi connectivity index (χ4v) is 15.2. The number of methoxy groups -OCH3 is 4. The van der Waals surface area contributed by atoms with Crippen molar-refractivity contribution in [3.8, 4) is 57.4 Å². The van der Waals surface area contributed by atoms with Gasteiger partial charge in [0.15, 0.2) is 64.3 Å². The summed E-state index contributed by atoms with van der Waals surface area (Å²) in [5.74, 6) is -0.969. The Balaban J connectivity index is 0.000000210. The standard InChI is InChI=1S/C27H30N2O9.C21H22N2O9.C19H25IO7.C14H20Cl3NO6.C7H7IO2/c1-15-16(2)26(36-18(4)31)27(38-25(15)14-35-17(3)30)37-23-9-7-20(13-24(23)34-5)28-11-10-19-12-21(29(32)33)6-8-22(19)28;1-30-16-9-12(22-7-6-11-8-13(23(28)29)2-4-14(11)22)3-5-15(16)31-21-20(27)19(26)18(25)17(10-24)32-21;1-10-11(2)18(25-13(4)22)19(27-17(10)9-24-12(3)21)26-15-7-6-14(20)8-16(15)23-5;1-6-7(2)11(22-9(4)20)12(24-13(18)14(15,16)17)23-10(6)5-21-8(3)19;1-10-7-4-5(8)2-3-6(7)9/h6-13,15-16,25-27H,14H2,1-5H3;2-9,17-21,24-27H,10H2,1H3;6-8,10-11,17-19H,9H2,1-5H3;6-7,10-12,18H,5H2,1-4H3;2-4,9H,1H3/t15-,16-,25?,26?,27-;17?,18-,19+,20?,21+;10-,11-,17?,18?,19-;6-,7-,10?,11?,12+;/m0100./s1. The van der Waals surface area contributed by atoms with Crippen LogP contribution < -0.4 is 33.2 Å². The molecular formula is C88H104Cl3I2N5O33. The van der Waals surface area contributed by atoms with Crippen molar-refractivity contribution in [3.05, 3.63) is 161 Å². The summed E-state index contributed by atoms with van der Waals surface area (Å²) >= 11 is 21.2. The zero-order valence-electron chi connectivity index (χ0n) is 73.9. The third-order valence-corrected chi connectivity index (χ3v) is 23.6. The maximum Gasteiger partial charge on any atom is 0.303 e. The Morgan fingerprint density at radius 2 is 0.771 bits per heavy atom. The number of phenolic OH excluding ortho intramolecular Hbond substituents is 1. The normalized spacial score (nSPS) is 24.9. The highest BCUT2D eigenvalue weighted by Crippen LogP contribution is 2.43. The number of hydrogen-bond donors (Lipinski definition) is 6. The highest BCUT2D eigenvalue weighted by Gasteiger charge is 2.50. The number of halogens is 5. The number of aromatic hydroxyl groups is 1. The van der Waals surface area contributed by atoms with Crippen molar-refractivity contribution in [2.45, 2.75) is 173 Å². The summed E-state index contributed by atoms with van der Waals surface area (Å²) in [4.78, 5) is 89.6. The molecule has 12 rings (SSSR count). The number of nitrogens with one attached hydrogen (secondary N) is 1. The van der Waals surface area contributed by atoms with Crippen molar-refractivity contribution in [1.82, 2.24) is 9.13 Å². The minimum absolute atomic E-state index is 0.00360. The zero-order chi connectivity index (χ0) is 96.9. The number of carbonyl (C=O) groups excluding carboxylic acids is 6. The van der Waals surface area contributed by atoms with Crippen LogP contribution in [0.2, 0.25) is 0 Å². The number of ether oxygens (including phenoxy) is 18. The van der Waals surface area contributed by atoms with E-state index < -0.39 is 136 Å². The maximum absolute atomic E-state index is 11.9. The molecule has 38 nitrogen and oxygen atoms in total. The van der Waals surface area contributed by atoms with E-state index in [4.69, 9.17) is 131 Å². The topological polar surface area (TPSA) is 490 Å². The maximum atomic E-state index is 11.9. The molecule has 6 aromatic carbocycles. The van der Waals surface area contributed by atoms with Crippen LogP contribution in [0, 0.1) is 68.3 Å². The lowest BCUT2D eigenvalue weighted by Crippen LogP contribution is -2.60. The summed E-state index contributed by atoms with van der Waals surface area (Å²) in [5.41, 5.74) is 2.98. The van der Waals surface area contributed by atoms with Crippen molar-refractivity contribution in [2.75, 3.05) is 54.9 Å². The average Bonchev–Trinajstić information content (AvgIpc) is 1.37. The summed E-state index contributed by atoms with van der Waals surface area (Å²) in [6, 6.07) is 33.7. The summed E-state index contributed by atoms with van der Waals surface area (Å²) in [5, 5.41) is 79.7. The summed E-state index contributed by atoms with van der Waals surface area (Å²) in [7, 11) is 6.02. The third-order valence-electron chi connectivity index (χ3n) is 21.7. The SMILES string of the molecule is CC(=O)OCC1O[C@H](OC(=N)C(Cl)(Cl)Cl)C(OC(C)=O)[C@@H](C)[C@@H]1C.COc1cc(-n2ccc3cc([N+](=O)[O-])ccc32)ccc1O[C@H]1OC(CO)[C@@H](O)[C@H](O)C1O.COc1cc(-n2ccc3cc([N+](=O)[O-])ccc32)ccc1O[C@H]1OC(COC(C)=O)[C@@H](C)[C@H](C)C1OC(C)=O.COc1cc(I)ccc1O.COc1cc(I)ccc1O[C@H]1OC(COC(C)=O)[C@@H](C)[C@H](C)C1OC(C)=O. The Bertz CT molecular complexity index is 5280. The molecule has 714 valence electrons. The highest BCUT2D eigenvalue weighted by atomic mass is 127. The molecule has 4 saturated heterocycles. The molecular weight excluding hydrogens is 2020 g/mol. The second-order valence-electron chi connectivity index (χ2n) is 30.6. The van der Waals surface area contributed by atoms with Gasteiger partial charge < -0.3 is 120 Å². The van der Waals surface area contributed by atoms with Gasteiger partial charge in [0.05, 0.1) is 74.2 Å². The largest absolute Gasteiger partial charge is 0.504 e. The summed E-state index contributed by atoms with van der Waals surface area (Å²) in [6.07, 6.45) is -9.95. The van der Waals surface area contributed by atoms with Crippen molar-refractivity contribution in [1.29, 1.82) is 5.41 Å². The quantitative estimate of drug-likeness (QED) is 0.00452. The van der Waals surface area contributed by atoms with Crippen LogP contribution >= 0.6 is 80.0 Å². The Hall–Kier alpha value is -10.1. The van der Waals surface area contributed by atoms with Crippen molar-refractivity contribution >= 4 is 155 Å². The molecule has 8 unspecified atom stereocenters. The lowest BCUT2D eigenvalue weighted by molar-refractivity contribution is -0.384. The van der Waals surface area contributed by atoms with Crippen molar-refractivity contribution in [3.63, 3.8) is 0 Å². The van der Waals surface area contributed by atoms with Gasteiger partial charge >= 0.3 is 35.8 Å². The van der Waals surface area contributed by atoms with Gasteiger partial charge in [-0.15, -0.1) is 0 Å². The average molecular weight is 2120 g/mol. The predicted octanol–water partition coefficient (Wildman–Crippen LogP) is 13.2. The second kappa shape index (κ2) is 48.5. The van der Waals surface area contributed by atoms with E-state index in [9.17, 15) is 69.4 Å². The number of nitro groups is 2. The van der Waals surface area contributed by atoms with E-state index in [1.54, 1.807) is 86.1 Å². The molecule has 6 heterocycles. The molecule has 0 spiro atoms. The van der Waals surface area contributed by atoms with E-state index in [0.717, 1.165) is 29.2 Å². The number of benzene rings is 6. The fraction of sp³-hybridized carbons (Fsp3) is 0.466. The molecule has 0 amide bonds. The fourth-order valence-electron chi connectivity index (χ4n) is 14.2. The van der Waals surface area contributed by atoms with Gasteiger partial charge in [0.25, 0.3) is 15.2 Å². The molecule has 0 saturated carbocycles. The molecule has 0 radical (unpaired) electrons. The second-order valence-corrected chi connectivity index (χ2v) is 35.3. The summed E-state index contributed by atoms with van der Waals surface area (Å²) in [6.45, 7) is 19.0. The number of hydrogen-bond acceptors (Lipinski definition) is 34. The van der Waals surface area contributed by atoms with Crippen LogP contribution in [0.25, 0.3) is 33.2 Å². The van der Waals surface area contributed by atoms with Crippen LogP contribution in [-0.4, -0.2) is 231 Å². The lowest BCUT2D eigenvalue weighted by atomic mass is 9.83. The molecule has 0 aliphatic carbocycles. The number of esters is 6. The van der Waals surface area contributed by atoms with Gasteiger partial charge in [-0.25, -0.2) is 0 Å². The molecule has 0 bridgehead atoms. The minimum atomic E-state index is -2.08. The van der Waals surface area contributed by atoms with Gasteiger partial charge in [-0.1, -0.05) is 76.3 Å². The van der Waals surface area contributed by atoms with Crippen molar-refractivity contribution < 1.29 is 149 Å². The van der Waals surface area contributed by atoms with Crippen LogP contribution in [-0.2, 0) is 80.9 Å². The van der Waals surface area contributed by atoms with Crippen LogP contribution in [0.4, 0.5) is 11.4 Å². The number of nitro benzene ring substituents is 2. The number of nitrogens with zero attached hydrogens (tertiary/aromatic N) is 4. The van der Waals surface area contributed by atoms with Gasteiger partial charge in [0.1, 0.15) is 44.2 Å². The zero-order valence-corrected chi connectivity index (χ0v) is 80.5. The number of rotatable bonds is 25. The first-order chi connectivity index (χ1) is 61.8. The first-order valence-corrected chi connectivity index (χ1v) is 43.9. The Morgan fingerprint density at radius 3 is 1.12 bits per heavy atom. The van der Waals surface area contributed by atoms with E-state index in [1.165, 1.54) is 87.1 Å². The molecule has 43 heteroatoms. The van der Waals surface area contributed by atoms with E-state index >= 15 is 0 Å². The van der Waals surface area contributed by atoms with Crippen LogP contribution in [0.15, 0.2) is 134 Å². The third kappa shape index (κ3) is 28.7. The molecule has 131 heavy (non-hydrogen) atoms. The minimum Gasteiger partial charge on any atom is -0.504 e. The van der Waals surface area contributed by atoms with Gasteiger partial charge in [-0.2, -0.15) is 0 Å². The molecule has 20 atom stereocenters. The Kier molecular flexibility index (Phi) is 39.4.